The van der Waals surface area contributed by atoms with E-state index < -0.39 is 15.8 Å². The average Bonchev–Trinajstić information content (AvgIpc) is 3.01. The zero-order valence-corrected chi connectivity index (χ0v) is 26.4. The van der Waals surface area contributed by atoms with Crippen molar-refractivity contribution >= 4 is 60.1 Å². The van der Waals surface area contributed by atoms with E-state index in [2.05, 4.69) is 182 Å². The maximum absolute atomic E-state index is 2.24. The smallest absolute Gasteiger partial charge is 0.102 e. The summed E-state index contributed by atoms with van der Waals surface area (Å²) in [6.45, 7) is 0. The normalized spacial score (nSPS) is 10.1. The average molecular weight is 669 g/mol. The molecule has 0 N–H and O–H groups in total. The van der Waals surface area contributed by atoms with Gasteiger partial charge in [0.1, 0.15) is 31.8 Å². The number of halogens is 1. The van der Waals surface area contributed by atoms with Gasteiger partial charge in [0, 0.05) is 20.4 Å². The molecule has 0 saturated carbocycles. The first-order valence-electron chi connectivity index (χ1n) is 13.0. The molecule has 6 rings (SSSR count). The van der Waals surface area contributed by atoms with Gasteiger partial charge in [-0.2, -0.15) is 0 Å². The summed E-state index contributed by atoms with van der Waals surface area (Å²) in [5.41, 5.74) is 0. The minimum absolute atomic E-state index is 0. The second-order valence-electron chi connectivity index (χ2n) is 8.95. The van der Waals surface area contributed by atoms with Gasteiger partial charge in [-0.15, -0.1) is 12.4 Å². The summed E-state index contributed by atoms with van der Waals surface area (Å²) in [5, 5.41) is 8.61. The molecule has 40 heavy (non-hydrogen) atoms. The van der Waals surface area contributed by atoms with Gasteiger partial charge in [-0.1, -0.05) is 109 Å². The Bertz CT molecular complexity index is 1180. The Labute approximate surface area is 261 Å². The predicted octanol–water partition coefficient (Wildman–Crippen LogP) is 6.77. The van der Waals surface area contributed by atoms with Gasteiger partial charge < -0.3 is 0 Å². The summed E-state index contributed by atoms with van der Waals surface area (Å²) >= 11 is 0. The van der Waals surface area contributed by atoms with Crippen molar-refractivity contribution in [2.75, 3.05) is 0 Å². The van der Waals surface area contributed by atoms with E-state index in [-0.39, 0.29) is 32.8 Å². The van der Waals surface area contributed by atoms with E-state index in [0.29, 0.717) is 0 Å². The SMILES string of the molecule is Cl.[Pd].c1ccc([PH+](c2ccccc2)c2ccccc2)cc1.c1ccc([PH+](c2ccccc2)c2ccccc2)cc1. The van der Waals surface area contributed by atoms with Crippen molar-refractivity contribution in [1.29, 1.82) is 0 Å². The first-order chi connectivity index (χ1) is 18.9. The summed E-state index contributed by atoms with van der Waals surface area (Å²) in [4.78, 5) is 0. The van der Waals surface area contributed by atoms with E-state index in [1.165, 1.54) is 31.8 Å². The monoisotopic (exact) mass is 668 g/mol. The molecule has 0 aliphatic carbocycles. The van der Waals surface area contributed by atoms with Crippen LogP contribution in [0.25, 0.3) is 0 Å². The molecule has 0 atom stereocenters. The van der Waals surface area contributed by atoms with Gasteiger partial charge in [-0.05, 0) is 72.8 Å². The summed E-state index contributed by atoms with van der Waals surface area (Å²) in [7, 11) is -1.75. The largest absolute Gasteiger partial charge is 0.147 e. The molecule has 6 aromatic rings. The van der Waals surface area contributed by atoms with Gasteiger partial charge in [-0.25, -0.2) is 0 Å². The van der Waals surface area contributed by atoms with E-state index in [9.17, 15) is 0 Å². The van der Waals surface area contributed by atoms with Crippen LogP contribution in [0.5, 0.6) is 0 Å². The Morgan fingerprint density at radius 3 is 0.475 bits per heavy atom. The molecule has 0 spiro atoms. The zero-order valence-electron chi connectivity index (χ0n) is 22.0. The van der Waals surface area contributed by atoms with Gasteiger partial charge in [0.15, 0.2) is 0 Å². The van der Waals surface area contributed by atoms with Crippen LogP contribution in [-0.4, -0.2) is 0 Å². The Morgan fingerprint density at radius 2 is 0.350 bits per heavy atom. The van der Waals surface area contributed by atoms with Crippen LogP contribution in [0.15, 0.2) is 182 Å². The van der Waals surface area contributed by atoms with Crippen molar-refractivity contribution in [2.24, 2.45) is 0 Å². The molecule has 4 heteroatoms. The second-order valence-corrected chi connectivity index (χ2v) is 13.9. The number of benzene rings is 6. The molecule has 0 nitrogen and oxygen atoms in total. The van der Waals surface area contributed by atoms with Crippen LogP contribution in [-0.2, 0) is 20.4 Å². The van der Waals surface area contributed by atoms with Gasteiger partial charge in [0.2, 0.25) is 0 Å². The third kappa shape index (κ3) is 8.56. The summed E-state index contributed by atoms with van der Waals surface area (Å²) in [5.74, 6) is 0. The van der Waals surface area contributed by atoms with Crippen LogP contribution >= 0.6 is 28.3 Å². The van der Waals surface area contributed by atoms with Crippen LogP contribution in [0.4, 0.5) is 0 Å². The maximum Gasteiger partial charge on any atom is 0.102 e. The molecule has 0 aromatic heterocycles. The molecule has 0 heterocycles. The first-order valence-corrected chi connectivity index (χ1v) is 16.0. The van der Waals surface area contributed by atoms with Gasteiger partial charge in [-0.3, -0.25) is 0 Å². The minimum Gasteiger partial charge on any atom is -0.147 e. The van der Waals surface area contributed by atoms with E-state index in [1.807, 2.05) is 0 Å². The molecular formula is C36H33ClP2Pd+2. The summed E-state index contributed by atoms with van der Waals surface area (Å²) < 4.78 is 0. The van der Waals surface area contributed by atoms with Crippen LogP contribution in [0, 0.1) is 0 Å². The molecule has 6 aromatic carbocycles. The van der Waals surface area contributed by atoms with Crippen molar-refractivity contribution in [2.45, 2.75) is 0 Å². The minimum atomic E-state index is -0.877. The quantitative estimate of drug-likeness (QED) is 0.136. The molecule has 0 amide bonds. The fraction of sp³-hybridized carbons (Fsp3) is 0. The Kier molecular flexibility index (Phi) is 13.5. The Morgan fingerprint density at radius 1 is 0.225 bits per heavy atom. The van der Waals surface area contributed by atoms with Gasteiger partial charge in [0.05, 0.1) is 15.8 Å². The van der Waals surface area contributed by atoms with Gasteiger partial charge in [0.25, 0.3) is 0 Å². The molecule has 0 unspecified atom stereocenters. The fourth-order valence-corrected chi connectivity index (χ4v) is 9.78. The van der Waals surface area contributed by atoms with E-state index >= 15 is 0 Å². The molecule has 0 aliphatic rings. The van der Waals surface area contributed by atoms with Crippen LogP contribution in [0.2, 0.25) is 0 Å². The zero-order chi connectivity index (χ0) is 25.8. The van der Waals surface area contributed by atoms with Crippen molar-refractivity contribution in [3.8, 4) is 0 Å². The molecule has 0 fully saturated rings. The van der Waals surface area contributed by atoms with Crippen molar-refractivity contribution in [1.82, 2.24) is 0 Å². The number of hydrogen-bond donors (Lipinski definition) is 0. The first kappa shape index (κ1) is 31.7. The summed E-state index contributed by atoms with van der Waals surface area (Å²) in [6, 6.07) is 65.0. The van der Waals surface area contributed by atoms with E-state index in [1.54, 1.807) is 0 Å². The molecule has 0 bridgehead atoms. The van der Waals surface area contributed by atoms with E-state index in [4.69, 9.17) is 0 Å². The fourth-order valence-electron chi connectivity index (χ4n) is 4.63. The second kappa shape index (κ2) is 17.1. The van der Waals surface area contributed by atoms with Crippen LogP contribution < -0.4 is 31.8 Å². The van der Waals surface area contributed by atoms with Crippen molar-refractivity contribution in [3.63, 3.8) is 0 Å². The molecule has 0 radical (unpaired) electrons. The molecule has 0 aliphatic heterocycles. The molecule has 0 saturated heterocycles. The third-order valence-electron chi connectivity index (χ3n) is 6.37. The number of rotatable bonds is 6. The third-order valence-corrected chi connectivity index (χ3v) is 11.8. The standard InChI is InChI=1S/2C18H15P.ClH.Pd/c2*1-4-10-16(11-5-1)19(17-12-6-2-7-13-17)18-14-8-3-9-15-18;;/h2*1-15H;1H;/p+2. The van der Waals surface area contributed by atoms with Crippen LogP contribution in [0.3, 0.4) is 0 Å². The molecule has 202 valence electrons. The van der Waals surface area contributed by atoms with Crippen LogP contribution in [0.1, 0.15) is 0 Å². The summed E-state index contributed by atoms with van der Waals surface area (Å²) in [6.07, 6.45) is 0. The van der Waals surface area contributed by atoms with Gasteiger partial charge >= 0.3 is 0 Å². The topological polar surface area (TPSA) is 0 Å². The Hall–Kier alpha value is -2.87. The molecular weight excluding hydrogens is 636 g/mol. The van der Waals surface area contributed by atoms with Crippen molar-refractivity contribution < 1.29 is 20.4 Å². The van der Waals surface area contributed by atoms with Crippen molar-refractivity contribution in [3.05, 3.63) is 182 Å². The number of hydrogen-bond acceptors (Lipinski definition) is 0. The maximum atomic E-state index is 2.24. The van der Waals surface area contributed by atoms with E-state index in [0.717, 1.165) is 0 Å². The Balaban J connectivity index is 0.000000210. The predicted molar refractivity (Wildman–Crippen MR) is 180 cm³/mol.